The summed E-state index contributed by atoms with van der Waals surface area (Å²) in [4.78, 5) is 25.6. The summed E-state index contributed by atoms with van der Waals surface area (Å²) in [6.07, 6.45) is -0.224. The van der Waals surface area contributed by atoms with Crippen molar-refractivity contribution in [1.82, 2.24) is 10.2 Å². The van der Waals surface area contributed by atoms with Crippen LogP contribution in [-0.2, 0) is 16.1 Å². The predicted molar refractivity (Wildman–Crippen MR) is 84.3 cm³/mol. The number of hydrogen-bond acceptors (Lipinski definition) is 4. The van der Waals surface area contributed by atoms with E-state index in [2.05, 4.69) is 5.32 Å². The van der Waals surface area contributed by atoms with Crippen molar-refractivity contribution in [1.29, 1.82) is 5.26 Å². The molecule has 1 fully saturated rings. The van der Waals surface area contributed by atoms with Gasteiger partial charge in [-0.05, 0) is 45.4 Å². The van der Waals surface area contributed by atoms with E-state index in [0.717, 1.165) is 0 Å². The van der Waals surface area contributed by atoms with E-state index in [0.29, 0.717) is 18.5 Å². The van der Waals surface area contributed by atoms with Crippen molar-refractivity contribution in [2.24, 2.45) is 0 Å². The molecule has 128 valence electrons. The lowest BCUT2D eigenvalue weighted by Gasteiger charge is -2.21. The molecule has 2 rings (SSSR count). The molecule has 1 N–H and O–H groups in total. The molecule has 1 saturated heterocycles. The molecule has 7 heteroatoms. The summed E-state index contributed by atoms with van der Waals surface area (Å²) in [7, 11) is 0. The predicted octanol–water partition coefficient (Wildman–Crippen LogP) is 2.32. The second-order valence-electron chi connectivity index (χ2n) is 6.67. The average molecular weight is 333 g/mol. The van der Waals surface area contributed by atoms with Gasteiger partial charge in [0.25, 0.3) is 0 Å². The number of amides is 2. The van der Waals surface area contributed by atoms with E-state index in [1.165, 1.54) is 23.1 Å². The van der Waals surface area contributed by atoms with Crippen LogP contribution >= 0.6 is 0 Å². The summed E-state index contributed by atoms with van der Waals surface area (Å²) in [5.41, 5.74) is -0.0338. The van der Waals surface area contributed by atoms with Crippen LogP contribution in [0.1, 0.15) is 38.3 Å². The Morgan fingerprint density at radius 3 is 2.83 bits per heavy atom. The van der Waals surface area contributed by atoms with E-state index >= 15 is 0 Å². The number of carbonyl (C=O) groups excluding carboxylic acids is 2. The van der Waals surface area contributed by atoms with Gasteiger partial charge >= 0.3 is 6.09 Å². The van der Waals surface area contributed by atoms with E-state index in [4.69, 9.17) is 10.00 Å². The Hall–Kier alpha value is -2.62. The molecule has 1 unspecified atom stereocenters. The highest BCUT2D eigenvalue weighted by molar-refractivity contribution is 5.87. The van der Waals surface area contributed by atoms with Crippen molar-refractivity contribution in [3.63, 3.8) is 0 Å². The first kappa shape index (κ1) is 17.7. The average Bonchev–Trinajstić information content (AvgIpc) is 2.80. The third-order valence-corrected chi connectivity index (χ3v) is 3.52. The number of alkyl carbamates (subject to hydrolysis) is 1. The Bertz CT molecular complexity index is 691. The molecule has 2 amide bonds. The van der Waals surface area contributed by atoms with Gasteiger partial charge in [0, 0.05) is 18.7 Å². The molecule has 1 aliphatic heterocycles. The van der Waals surface area contributed by atoms with Gasteiger partial charge in [0.05, 0.1) is 11.6 Å². The summed E-state index contributed by atoms with van der Waals surface area (Å²) in [6.45, 7) is 5.67. The van der Waals surface area contributed by atoms with Crippen molar-refractivity contribution in [2.75, 3.05) is 6.54 Å². The largest absolute Gasteiger partial charge is 0.444 e. The van der Waals surface area contributed by atoms with Crippen LogP contribution in [0.2, 0.25) is 0 Å². The lowest BCUT2D eigenvalue weighted by atomic mass is 10.1. The Labute approximate surface area is 140 Å². The van der Waals surface area contributed by atoms with Gasteiger partial charge in [0.2, 0.25) is 5.91 Å². The maximum atomic E-state index is 13.8. The quantitative estimate of drug-likeness (QED) is 0.920. The van der Waals surface area contributed by atoms with Gasteiger partial charge in [-0.25, -0.2) is 9.18 Å². The van der Waals surface area contributed by atoms with Crippen LogP contribution in [0.15, 0.2) is 18.2 Å². The maximum Gasteiger partial charge on any atom is 0.408 e. The van der Waals surface area contributed by atoms with Gasteiger partial charge in [0.15, 0.2) is 0 Å². The summed E-state index contributed by atoms with van der Waals surface area (Å²) in [5, 5.41) is 11.4. The van der Waals surface area contributed by atoms with Crippen LogP contribution in [0.25, 0.3) is 0 Å². The summed E-state index contributed by atoms with van der Waals surface area (Å²) < 4.78 is 19.0. The van der Waals surface area contributed by atoms with E-state index in [1.807, 2.05) is 6.07 Å². The van der Waals surface area contributed by atoms with Crippen molar-refractivity contribution in [2.45, 2.75) is 45.4 Å². The highest BCUT2D eigenvalue weighted by Crippen LogP contribution is 2.19. The zero-order valence-electron chi connectivity index (χ0n) is 13.9. The Morgan fingerprint density at radius 1 is 1.50 bits per heavy atom. The molecule has 24 heavy (non-hydrogen) atoms. The number of halogens is 1. The molecular weight excluding hydrogens is 313 g/mol. The van der Waals surface area contributed by atoms with Gasteiger partial charge in [-0.1, -0.05) is 0 Å². The standard InChI is InChI=1S/C17H20FN3O3/c1-17(2,3)24-16(23)20-14-6-7-21(15(14)22)10-12-8-11(9-19)4-5-13(12)18/h4-5,8,14H,6-7,10H2,1-3H3,(H,20,23). The van der Waals surface area contributed by atoms with E-state index in [-0.39, 0.29) is 18.0 Å². The first-order valence-corrected chi connectivity index (χ1v) is 7.66. The highest BCUT2D eigenvalue weighted by Gasteiger charge is 2.34. The first-order chi connectivity index (χ1) is 11.2. The van der Waals surface area contributed by atoms with E-state index in [1.54, 1.807) is 20.8 Å². The van der Waals surface area contributed by atoms with Crippen LogP contribution in [0.3, 0.4) is 0 Å². The van der Waals surface area contributed by atoms with Crippen molar-refractivity contribution in [3.05, 3.63) is 35.1 Å². The van der Waals surface area contributed by atoms with Crippen molar-refractivity contribution < 1.29 is 18.7 Å². The zero-order chi connectivity index (χ0) is 17.9. The fraction of sp³-hybridized carbons (Fsp3) is 0.471. The molecule has 1 aromatic rings. The number of ether oxygens (including phenoxy) is 1. The minimum Gasteiger partial charge on any atom is -0.444 e. The number of nitrogens with one attached hydrogen (secondary N) is 1. The lowest BCUT2D eigenvalue weighted by Crippen LogP contribution is -2.43. The van der Waals surface area contributed by atoms with Gasteiger partial charge in [0.1, 0.15) is 17.5 Å². The minimum absolute atomic E-state index is 0.0622. The van der Waals surface area contributed by atoms with Crippen LogP contribution < -0.4 is 5.32 Å². The number of benzene rings is 1. The number of carbonyl (C=O) groups is 2. The molecule has 1 aliphatic rings. The fourth-order valence-corrected chi connectivity index (χ4v) is 2.45. The second kappa shape index (κ2) is 6.87. The van der Waals surface area contributed by atoms with Crippen LogP contribution in [0, 0.1) is 17.1 Å². The number of nitriles is 1. The SMILES string of the molecule is CC(C)(C)OC(=O)NC1CCN(Cc2cc(C#N)ccc2F)C1=O. The lowest BCUT2D eigenvalue weighted by molar-refractivity contribution is -0.130. The maximum absolute atomic E-state index is 13.8. The molecule has 0 aromatic heterocycles. The third kappa shape index (κ3) is 4.44. The second-order valence-corrected chi connectivity index (χ2v) is 6.67. The smallest absolute Gasteiger partial charge is 0.408 e. The number of rotatable bonds is 3. The van der Waals surface area contributed by atoms with Gasteiger partial charge in [-0.15, -0.1) is 0 Å². The number of nitrogens with zero attached hydrogens (tertiary/aromatic N) is 2. The molecule has 1 heterocycles. The van der Waals surface area contributed by atoms with E-state index < -0.39 is 23.6 Å². The van der Waals surface area contributed by atoms with Gasteiger partial charge < -0.3 is 15.0 Å². The molecule has 0 radical (unpaired) electrons. The molecule has 1 aromatic carbocycles. The zero-order valence-corrected chi connectivity index (χ0v) is 13.9. The molecule has 6 nitrogen and oxygen atoms in total. The van der Waals surface area contributed by atoms with Crippen LogP contribution in [0.4, 0.5) is 9.18 Å². The summed E-state index contributed by atoms with van der Waals surface area (Å²) >= 11 is 0. The highest BCUT2D eigenvalue weighted by atomic mass is 19.1. The number of hydrogen-bond donors (Lipinski definition) is 1. The van der Waals surface area contributed by atoms with E-state index in [9.17, 15) is 14.0 Å². The third-order valence-electron chi connectivity index (χ3n) is 3.52. The first-order valence-electron chi connectivity index (χ1n) is 7.66. The fourth-order valence-electron chi connectivity index (χ4n) is 2.45. The Morgan fingerprint density at radius 2 is 2.21 bits per heavy atom. The number of likely N-dealkylation sites (tertiary alicyclic amines) is 1. The summed E-state index contributed by atoms with van der Waals surface area (Å²) in [5.74, 6) is -0.757. The monoisotopic (exact) mass is 333 g/mol. The molecule has 0 saturated carbocycles. The van der Waals surface area contributed by atoms with Crippen molar-refractivity contribution in [3.8, 4) is 6.07 Å². The topological polar surface area (TPSA) is 82.4 Å². The molecule has 1 atom stereocenters. The van der Waals surface area contributed by atoms with Crippen LogP contribution in [-0.4, -0.2) is 35.1 Å². The van der Waals surface area contributed by atoms with Crippen molar-refractivity contribution >= 4 is 12.0 Å². The van der Waals surface area contributed by atoms with Gasteiger partial charge in [-0.2, -0.15) is 5.26 Å². The molecular formula is C17H20FN3O3. The minimum atomic E-state index is -0.679. The summed E-state index contributed by atoms with van der Waals surface area (Å²) in [6, 6.07) is 5.29. The molecule has 0 spiro atoms. The molecule has 0 aliphatic carbocycles. The Kier molecular flexibility index (Phi) is 5.07. The normalized spacial score (nSPS) is 17.5. The van der Waals surface area contributed by atoms with Gasteiger partial charge in [-0.3, -0.25) is 4.79 Å². The Balaban J connectivity index is 1.99. The van der Waals surface area contributed by atoms with Crippen LogP contribution in [0.5, 0.6) is 0 Å². The molecule has 0 bridgehead atoms.